The van der Waals surface area contributed by atoms with E-state index in [0.717, 1.165) is 9.26 Å². The first-order valence-corrected chi connectivity index (χ1v) is 5.35. The van der Waals surface area contributed by atoms with E-state index >= 15 is 0 Å². The maximum absolute atomic E-state index is 12.9. The van der Waals surface area contributed by atoms with Gasteiger partial charge in [-0.05, 0) is 40.8 Å². The quantitative estimate of drug-likeness (QED) is 0.853. The van der Waals surface area contributed by atoms with Crippen LogP contribution in [0.15, 0.2) is 24.4 Å². The minimum atomic E-state index is -0.262. The van der Waals surface area contributed by atoms with Crippen LogP contribution in [0, 0.1) is 9.39 Å². The summed E-state index contributed by atoms with van der Waals surface area (Å²) in [4.78, 5) is 0. The number of benzene rings is 1. The first-order valence-electron chi connectivity index (χ1n) is 4.27. The Hall–Kier alpha value is -1.02. The molecule has 0 saturated carbocycles. The minimum Gasteiger partial charge on any atom is -0.325 e. The average Bonchev–Trinajstić information content (AvgIpc) is 2.66. The van der Waals surface area contributed by atoms with Crippen LogP contribution in [0.3, 0.4) is 0 Å². The molecule has 1 aromatic carbocycles. The van der Waals surface area contributed by atoms with E-state index in [1.807, 2.05) is 0 Å². The highest BCUT2D eigenvalue weighted by Gasteiger charge is 2.06. The van der Waals surface area contributed by atoms with Crippen molar-refractivity contribution in [1.29, 1.82) is 0 Å². The SMILES string of the molecule is NCc1cn(-c2ccc(F)cc2I)nn1. The molecule has 2 rings (SSSR count). The van der Waals surface area contributed by atoms with Crippen molar-refractivity contribution in [1.82, 2.24) is 15.0 Å². The summed E-state index contributed by atoms with van der Waals surface area (Å²) in [7, 11) is 0. The van der Waals surface area contributed by atoms with Crippen molar-refractivity contribution < 1.29 is 4.39 Å². The molecule has 1 aromatic heterocycles. The number of rotatable bonds is 2. The fourth-order valence-electron chi connectivity index (χ4n) is 1.18. The van der Waals surface area contributed by atoms with Gasteiger partial charge in [-0.2, -0.15) is 0 Å². The van der Waals surface area contributed by atoms with Gasteiger partial charge in [0.15, 0.2) is 0 Å². The van der Waals surface area contributed by atoms with Crippen LogP contribution in [0.1, 0.15) is 5.69 Å². The second-order valence-corrected chi connectivity index (χ2v) is 4.12. The van der Waals surface area contributed by atoms with E-state index in [4.69, 9.17) is 5.73 Å². The molecule has 2 aromatic rings. The number of hydrogen-bond donors (Lipinski definition) is 1. The fourth-order valence-corrected chi connectivity index (χ4v) is 1.90. The fraction of sp³-hybridized carbons (Fsp3) is 0.111. The van der Waals surface area contributed by atoms with Crippen molar-refractivity contribution in [2.45, 2.75) is 6.54 Å². The third kappa shape index (κ3) is 2.15. The van der Waals surface area contributed by atoms with Crippen LogP contribution >= 0.6 is 22.6 Å². The van der Waals surface area contributed by atoms with E-state index in [1.54, 1.807) is 16.9 Å². The standard InChI is InChI=1S/C9H8FIN4/c10-6-1-2-9(8(11)3-6)15-5-7(4-12)13-14-15/h1-3,5H,4,12H2. The highest BCUT2D eigenvalue weighted by molar-refractivity contribution is 14.1. The maximum Gasteiger partial charge on any atom is 0.124 e. The van der Waals surface area contributed by atoms with E-state index in [2.05, 4.69) is 32.9 Å². The summed E-state index contributed by atoms with van der Waals surface area (Å²) in [6, 6.07) is 4.49. The minimum absolute atomic E-state index is 0.262. The number of hydrogen-bond acceptors (Lipinski definition) is 3. The van der Waals surface area contributed by atoms with Crippen molar-refractivity contribution in [3.8, 4) is 5.69 Å². The first-order chi connectivity index (χ1) is 7.20. The van der Waals surface area contributed by atoms with E-state index in [-0.39, 0.29) is 5.82 Å². The topological polar surface area (TPSA) is 56.7 Å². The zero-order chi connectivity index (χ0) is 10.8. The van der Waals surface area contributed by atoms with Crippen molar-refractivity contribution >= 4 is 22.6 Å². The molecule has 0 amide bonds. The zero-order valence-corrected chi connectivity index (χ0v) is 9.85. The molecule has 0 aliphatic heterocycles. The molecule has 0 aliphatic rings. The molecule has 2 N–H and O–H groups in total. The van der Waals surface area contributed by atoms with Crippen molar-refractivity contribution in [3.63, 3.8) is 0 Å². The Kier molecular flexibility index (Phi) is 2.96. The lowest BCUT2D eigenvalue weighted by atomic mass is 10.3. The monoisotopic (exact) mass is 318 g/mol. The van der Waals surface area contributed by atoms with Gasteiger partial charge in [-0.15, -0.1) is 5.10 Å². The van der Waals surface area contributed by atoms with Crippen molar-refractivity contribution in [3.05, 3.63) is 39.5 Å². The summed E-state index contributed by atoms with van der Waals surface area (Å²) in [6.07, 6.45) is 1.73. The molecule has 4 nitrogen and oxygen atoms in total. The Morgan fingerprint density at radius 2 is 2.27 bits per heavy atom. The van der Waals surface area contributed by atoms with Gasteiger partial charge >= 0.3 is 0 Å². The van der Waals surface area contributed by atoms with Gasteiger partial charge in [0.05, 0.1) is 17.6 Å². The van der Waals surface area contributed by atoms with Crippen LogP contribution < -0.4 is 5.73 Å². The third-order valence-corrected chi connectivity index (χ3v) is 2.77. The molecular weight excluding hydrogens is 310 g/mol. The lowest BCUT2D eigenvalue weighted by molar-refractivity contribution is 0.625. The normalized spacial score (nSPS) is 10.6. The molecule has 1 heterocycles. The highest BCUT2D eigenvalue weighted by atomic mass is 127. The van der Waals surface area contributed by atoms with Gasteiger partial charge < -0.3 is 5.73 Å². The summed E-state index contributed by atoms with van der Waals surface area (Å²) in [5.74, 6) is -0.262. The predicted octanol–water partition coefficient (Wildman–Crippen LogP) is 1.47. The Labute approximate surface area is 99.4 Å². The molecule has 15 heavy (non-hydrogen) atoms. The molecule has 0 aliphatic carbocycles. The van der Waals surface area contributed by atoms with E-state index in [0.29, 0.717) is 12.2 Å². The van der Waals surface area contributed by atoms with E-state index in [9.17, 15) is 4.39 Å². The van der Waals surface area contributed by atoms with Gasteiger partial charge in [0.2, 0.25) is 0 Å². The third-order valence-electron chi connectivity index (χ3n) is 1.91. The number of aromatic nitrogens is 3. The van der Waals surface area contributed by atoms with Crippen LogP contribution in [0.2, 0.25) is 0 Å². The van der Waals surface area contributed by atoms with Crippen LogP contribution in [0.5, 0.6) is 0 Å². The molecular formula is C9H8FIN4. The molecule has 0 spiro atoms. The Bertz CT molecular complexity index is 483. The molecule has 0 unspecified atom stereocenters. The van der Waals surface area contributed by atoms with Gasteiger partial charge in [0.1, 0.15) is 5.82 Å². The second kappa shape index (κ2) is 4.23. The molecule has 0 saturated heterocycles. The molecule has 6 heteroatoms. The lowest BCUT2D eigenvalue weighted by Crippen LogP contribution is -1.98. The van der Waals surface area contributed by atoms with Crippen LogP contribution in [0.25, 0.3) is 5.69 Å². The smallest absolute Gasteiger partial charge is 0.124 e. The average molecular weight is 318 g/mol. The number of nitrogens with two attached hydrogens (primary N) is 1. The Balaban J connectivity index is 2.44. The van der Waals surface area contributed by atoms with Gasteiger partial charge in [0.25, 0.3) is 0 Å². The summed E-state index contributed by atoms with van der Waals surface area (Å²) >= 11 is 2.05. The summed E-state index contributed by atoms with van der Waals surface area (Å²) < 4.78 is 15.2. The summed E-state index contributed by atoms with van der Waals surface area (Å²) in [5, 5.41) is 7.77. The largest absolute Gasteiger partial charge is 0.325 e. The van der Waals surface area contributed by atoms with Gasteiger partial charge in [-0.3, -0.25) is 0 Å². The van der Waals surface area contributed by atoms with Crippen molar-refractivity contribution in [2.75, 3.05) is 0 Å². The summed E-state index contributed by atoms with van der Waals surface area (Å²) in [5.41, 5.74) is 6.93. The zero-order valence-electron chi connectivity index (χ0n) is 7.69. The molecule has 78 valence electrons. The van der Waals surface area contributed by atoms with E-state index < -0.39 is 0 Å². The molecule has 0 radical (unpaired) electrons. The molecule has 0 bridgehead atoms. The molecule has 0 fully saturated rings. The van der Waals surface area contributed by atoms with Crippen LogP contribution in [-0.2, 0) is 6.54 Å². The second-order valence-electron chi connectivity index (χ2n) is 2.95. The Morgan fingerprint density at radius 1 is 1.47 bits per heavy atom. The lowest BCUT2D eigenvalue weighted by Gasteiger charge is -2.02. The van der Waals surface area contributed by atoms with E-state index in [1.165, 1.54) is 12.1 Å². The first kappa shape index (κ1) is 10.5. The Morgan fingerprint density at radius 3 is 2.87 bits per heavy atom. The van der Waals surface area contributed by atoms with Gasteiger partial charge in [-0.25, -0.2) is 9.07 Å². The van der Waals surface area contributed by atoms with Crippen LogP contribution in [-0.4, -0.2) is 15.0 Å². The van der Waals surface area contributed by atoms with Gasteiger partial charge in [-0.1, -0.05) is 5.21 Å². The van der Waals surface area contributed by atoms with Crippen LogP contribution in [0.4, 0.5) is 4.39 Å². The number of halogens is 2. The molecule has 0 atom stereocenters. The maximum atomic E-state index is 12.9. The predicted molar refractivity (Wildman–Crippen MR) is 61.9 cm³/mol. The van der Waals surface area contributed by atoms with Gasteiger partial charge in [0, 0.05) is 10.1 Å². The van der Waals surface area contributed by atoms with Crippen molar-refractivity contribution in [2.24, 2.45) is 5.73 Å². The number of nitrogens with zero attached hydrogens (tertiary/aromatic N) is 3. The summed E-state index contributed by atoms with van der Waals surface area (Å²) in [6.45, 7) is 0.345. The highest BCUT2D eigenvalue weighted by Crippen LogP contribution is 2.17.